The van der Waals surface area contributed by atoms with Crippen molar-refractivity contribution in [1.82, 2.24) is 5.32 Å². The van der Waals surface area contributed by atoms with Crippen molar-refractivity contribution in [2.45, 2.75) is 13.0 Å². The van der Waals surface area contributed by atoms with Gasteiger partial charge in [0.2, 0.25) is 0 Å². The summed E-state index contributed by atoms with van der Waals surface area (Å²) in [5.74, 6) is -0.396. The summed E-state index contributed by atoms with van der Waals surface area (Å²) in [5.41, 5.74) is 0. The summed E-state index contributed by atoms with van der Waals surface area (Å²) in [6.45, 7) is 0.754. The summed E-state index contributed by atoms with van der Waals surface area (Å²) in [5, 5.41) is 2.63. The number of likely N-dealkylation sites (N-methyl/N-ethyl adjacent to an activating group) is 1. The molecule has 0 aliphatic rings. The van der Waals surface area contributed by atoms with Crippen LogP contribution in [0.15, 0.2) is 0 Å². The van der Waals surface area contributed by atoms with E-state index in [1.165, 1.54) is 0 Å². The van der Waals surface area contributed by atoms with Gasteiger partial charge in [0.1, 0.15) is 6.67 Å². The normalized spacial score (nSPS) is 13.4. The standard InChI is InChI=1S/C5H10FNO/c1-4(7-2)5(8)3-6/h4,7H,3H2,1-2H3. The summed E-state index contributed by atoms with van der Waals surface area (Å²) in [7, 11) is 1.62. The summed E-state index contributed by atoms with van der Waals surface area (Å²) in [6, 6.07) is -0.347. The van der Waals surface area contributed by atoms with Crippen LogP contribution in [0.1, 0.15) is 6.92 Å². The Hall–Kier alpha value is -0.440. The van der Waals surface area contributed by atoms with E-state index in [0.29, 0.717) is 0 Å². The van der Waals surface area contributed by atoms with E-state index in [1.807, 2.05) is 0 Å². The van der Waals surface area contributed by atoms with E-state index in [9.17, 15) is 9.18 Å². The summed E-state index contributed by atoms with van der Waals surface area (Å²) in [4.78, 5) is 10.3. The quantitative estimate of drug-likeness (QED) is 0.572. The number of nitrogens with one attached hydrogen (secondary N) is 1. The maximum Gasteiger partial charge on any atom is 0.180 e. The Bertz CT molecular complexity index is 84.5. The molecule has 48 valence electrons. The van der Waals surface area contributed by atoms with Crippen LogP contribution in [0.25, 0.3) is 0 Å². The van der Waals surface area contributed by atoms with E-state index >= 15 is 0 Å². The molecule has 1 atom stereocenters. The number of ketones is 1. The van der Waals surface area contributed by atoms with E-state index in [-0.39, 0.29) is 6.04 Å². The Morgan fingerprint density at radius 3 is 2.50 bits per heavy atom. The largest absolute Gasteiger partial charge is 0.311 e. The van der Waals surface area contributed by atoms with Crippen LogP contribution < -0.4 is 5.32 Å². The van der Waals surface area contributed by atoms with Crippen LogP contribution in [0.2, 0.25) is 0 Å². The predicted molar refractivity (Wildman–Crippen MR) is 29.5 cm³/mol. The van der Waals surface area contributed by atoms with Crippen molar-refractivity contribution in [1.29, 1.82) is 0 Å². The van der Waals surface area contributed by atoms with Crippen molar-refractivity contribution in [2.75, 3.05) is 13.7 Å². The minimum atomic E-state index is -0.873. The van der Waals surface area contributed by atoms with Gasteiger partial charge in [-0.25, -0.2) is 4.39 Å². The molecule has 1 N–H and O–H groups in total. The Morgan fingerprint density at radius 1 is 1.88 bits per heavy atom. The zero-order valence-corrected chi connectivity index (χ0v) is 5.07. The molecule has 0 heterocycles. The fourth-order valence-electron chi connectivity index (χ4n) is 0.277. The van der Waals surface area contributed by atoms with Gasteiger partial charge in [-0.15, -0.1) is 0 Å². The molecule has 0 aromatic rings. The van der Waals surface area contributed by atoms with Gasteiger partial charge >= 0.3 is 0 Å². The highest BCUT2D eigenvalue weighted by molar-refractivity contribution is 5.84. The monoisotopic (exact) mass is 119 g/mol. The summed E-state index contributed by atoms with van der Waals surface area (Å²) >= 11 is 0. The molecule has 0 aliphatic carbocycles. The molecular weight excluding hydrogens is 109 g/mol. The minimum absolute atomic E-state index is 0.347. The van der Waals surface area contributed by atoms with Crippen LogP contribution in [0, 0.1) is 0 Å². The Labute approximate surface area is 48.1 Å². The van der Waals surface area contributed by atoms with Crippen LogP contribution in [0.5, 0.6) is 0 Å². The molecule has 0 saturated carbocycles. The Balaban J connectivity index is 3.46. The van der Waals surface area contributed by atoms with Crippen molar-refractivity contribution in [3.05, 3.63) is 0 Å². The van der Waals surface area contributed by atoms with E-state index in [1.54, 1.807) is 14.0 Å². The average Bonchev–Trinajstić information content (AvgIpc) is 1.84. The lowest BCUT2D eigenvalue weighted by atomic mass is 10.2. The van der Waals surface area contributed by atoms with Crippen molar-refractivity contribution in [2.24, 2.45) is 0 Å². The van der Waals surface area contributed by atoms with Gasteiger partial charge in [-0.2, -0.15) is 0 Å². The lowest BCUT2D eigenvalue weighted by Gasteiger charge is -2.03. The number of hydrogen-bond acceptors (Lipinski definition) is 2. The first kappa shape index (κ1) is 7.56. The van der Waals surface area contributed by atoms with Crippen LogP contribution in [0.4, 0.5) is 4.39 Å². The fourth-order valence-corrected chi connectivity index (χ4v) is 0.277. The third kappa shape index (κ3) is 2.02. The van der Waals surface area contributed by atoms with Gasteiger partial charge in [-0.3, -0.25) is 4.79 Å². The molecule has 0 saturated heterocycles. The van der Waals surface area contributed by atoms with Crippen molar-refractivity contribution in [3.8, 4) is 0 Å². The van der Waals surface area contributed by atoms with Crippen molar-refractivity contribution in [3.63, 3.8) is 0 Å². The minimum Gasteiger partial charge on any atom is -0.311 e. The van der Waals surface area contributed by atoms with Gasteiger partial charge in [0.05, 0.1) is 6.04 Å². The second-order valence-electron chi connectivity index (χ2n) is 1.61. The fraction of sp³-hybridized carbons (Fsp3) is 0.800. The molecule has 1 unspecified atom stereocenters. The predicted octanol–water partition coefficient (Wildman–Crippen LogP) is 0.133. The third-order valence-electron chi connectivity index (χ3n) is 1.05. The lowest BCUT2D eigenvalue weighted by Crippen LogP contribution is -2.31. The second kappa shape index (κ2) is 3.55. The zero-order chi connectivity index (χ0) is 6.57. The summed E-state index contributed by atoms with van der Waals surface area (Å²) in [6.07, 6.45) is 0. The molecule has 3 heteroatoms. The van der Waals surface area contributed by atoms with Gasteiger partial charge in [0.15, 0.2) is 5.78 Å². The van der Waals surface area contributed by atoms with Crippen LogP contribution in [0.3, 0.4) is 0 Å². The smallest absolute Gasteiger partial charge is 0.180 e. The zero-order valence-electron chi connectivity index (χ0n) is 5.07. The molecule has 0 aromatic heterocycles. The third-order valence-corrected chi connectivity index (χ3v) is 1.05. The van der Waals surface area contributed by atoms with Crippen LogP contribution in [-0.2, 0) is 4.79 Å². The maximum atomic E-state index is 11.4. The highest BCUT2D eigenvalue weighted by Gasteiger charge is 2.07. The van der Waals surface area contributed by atoms with Gasteiger partial charge in [-0.1, -0.05) is 0 Å². The van der Waals surface area contributed by atoms with E-state index in [2.05, 4.69) is 5.32 Å². The Morgan fingerprint density at radius 2 is 2.38 bits per heavy atom. The van der Waals surface area contributed by atoms with Gasteiger partial charge in [0.25, 0.3) is 0 Å². The second-order valence-corrected chi connectivity index (χ2v) is 1.61. The molecule has 2 nitrogen and oxygen atoms in total. The highest BCUT2D eigenvalue weighted by Crippen LogP contribution is 1.82. The molecule has 0 aliphatic heterocycles. The van der Waals surface area contributed by atoms with Crippen molar-refractivity contribution < 1.29 is 9.18 Å². The number of carbonyl (C=O) groups excluding carboxylic acids is 1. The first-order valence-corrected chi connectivity index (χ1v) is 2.48. The van der Waals surface area contributed by atoms with Gasteiger partial charge < -0.3 is 5.32 Å². The number of hydrogen-bond donors (Lipinski definition) is 1. The lowest BCUT2D eigenvalue weighted by molar-refractivity contribution is -0.121. The number of carbonyl (C=O) groups is 1. The molecular formula is C5H10FNO. The highest BCUT2D eigenvalue weighted by atomic mass is 19.1. The molecule has 8 heavy (non-hydrogen) atoms. The van der Waals surface area contributed by atoms with E-state index in [0.717, 1.165) is 0 Å². The molecule has 0 radical (unpaired) electrons. The molecule has 0 aromatic carbocycles. The van der Waals surface area contributed by atoms with Crippen LogP contribution in [-0.4, -0.2) is 25.5 Å². The topological polar surface area (TPSA) is 29.1 Å². The van der Waals surface area contributed by atoms with Gasteiger partial charge in [-0.05, 0) is 14.0 Å². The first-order valence-electron chi connectivity index (χ1n) is 2.48. The number of alkyl halides is 1. The van der Waals surface area contributed by atoms with E-state index in [4.69, 9.17) is 0 Å². The number of Topliss-reactive ketones (excluding diaryl/α,β-unsaturated/α-hetero) is 1. The van der Waals surface area contributed by atoms with Crippen molar-refractivity contribution >= 4 is 5.78 Å². The molecule has 0 fully saturated rings. The maximum absolute atomic E-state index is 11.4. The molecule has 0 bridgehead atoms. The Kier molecular flexibility index (Phi) is 3.35. The van der Waals surface area contributed by atoms with E-state index < -0.39 is 12.5 Å². The SMILES string of the molecule is CNC(C)C(=O)CF. The van der Waals surface area contributed by atoms with Crippen LogP contribution >= 0.6 is 0 Å². The summed E-state index contributed by atoms with van der Waals surface area (Å²) < 4.78 is 11.4. The van der Waals surface area contributed by atoms with Gasteiger partial charge in [0, 0.05) is 0 Å². The average molecular weight is 119 g/mol. The molecule has 0 rings (SSSR count). The number of rotatable bonds is 3. The number of halogens is 1. The molecule has 0 spiro atoms. The molecule has 0 amide bonds. The first-order chi connectivity index (χ1) is 3.72.